The third-order valence-corrected chi connectivity index (χ3v) is 3.83. The molecular weight excluding hydrogens is 318 g/mol. The van der Waals surface area contributed by atoms with Gasteiger partial charge in [0.15, 0.2) is 0 Å². The number of ether oxygens (including phenoxy) is 1. The van der Waals surface area contributed by atoms with E-state index in [1.165, 1.54) is 12.1 Å². The quantitative estimate of drug-likeness (QED) is 0.820. The van der Waals surface area contributed by atoms with Gasteiger partial charge in [0.05, 0.1) is 0 Å². The van der Waals surface area contributed by atoms with Gasteiger partial charge >= 0.3 is 6.09 Å². The monoisotopic (exact) mass is 353 g/mol. The Labute approximate surface area is 158 Å². The van der Waals surface area contributed by atoms with Crippen LogP contribution >= 0.6 is 0 Å². The van der Waals surface area contributed by atoms with Gasteiger partial charge in [-0.15, -0.1) is 0 Å². The first-order valence-corrected chi connectivity index (χ1v) is 8.27. The van der Waals surface area contributed by atoms with Crippen LogP contribution in [0.5, 0.6) is 0 Å². The van der Waals surface area contributed by atoms with Crippen molar-refractivity contribution in [2.24, 2.45) is 0 Å². The zero-order valence-electron chi connectivity index (χ0n) is 20.9. The van der Waals surface area contributed by atoms with Crippen molar-refractivity contribution in [3.05, 3.63) is 29.8 Å². The molecule has 0 radical (unpaired) electrons. The summed E-state index contributed by atoms with van der Waals surface area (Å²) in [6, 6.07) is 6.12. The molecule has 1 aromatic carbocycles. The van der Waals surface area contributed by atoms with E-state index in [1.807, 2.05) is 25.7 Å². The van der Waals surface area contributed by atoms with Crippen LogP contribution in [0.15, 0.2) is 24.3 Å². The largest absolute Gasteiger partial charge is 0.444 e. The lowest BCUT2D eigenvalue weighted by molar-refractivity contribution is 0.0263. The van der Waals surface area contributed by atoms with Crippen LogP contribution in [-0.4, -0.2) is 67.5 Å². The first-order chi connectivity index (χ1) is 14.1. The van der Waals surface area contributed by atoms with Crippen LogP contribution in [0.2, 0.25) is 0 Å². The second-order valence-corrected chi connectivity index (χ2v) is 7.00. The molecule has 6 nitrogen and oxygen atoms in total. The van der Waals surface area contributed by atoms with Crippen LogP contribution in [0, 0.1) is 0 Å². The molecule has 0 aliphatic carbocycles. The Morgan fingerprint density at radius 3 is 2.36 bits per heavy atom. The van der Waals surface area contributed by atoms with Crippen LogP contribution in [0.25, 0.3) is 0 Å². The number of nitrogens with zero attached hydrogens (tertiary/aromatic N) is 3. The highest BCUT2D eigenvalue weighted by Gasteiger charge is 2.24. The van der Waals surface area contributed by atoms with E-state index < -0.39 is 25.5 Å². The van der Waals surface area contributed by atoms with Crippen molar-refractivity contribution in [1.29, 1.82) is 0 Å². The van der Waals surface area contributed by atoms with E-state index in [4.69, 9.17) is 13.0 Å². The second-order valence-electron chi connectivity index (χ2n) is 7.00. The fraction of sp³-hybridized carbons (Fsp3) is 0.579. The Morgan fingerprint density at radius 2 is 1.76 bits per heavy atom. The topological polar surface area (TPSA) is 53.1 Å². The Bertz CT molecular complexity index is 773. The number of rotatable bonds is 2. The summed E-state index contributed by atoms with van der Waals surface area (Å²) in [5, 5.41) is 0. The molecule has 0 unspecified atom stereocenters. The van der Waals surface area contributed by atoms with Crippen LogP contribution < -0.4 is 4.90 Å². The molecule has 2 rings (SSSR count). The van der Waals surface area contributed by atoms with E-state index in [0.29, 0.717) is 26.2 Å². The highest BCUT2D eigenvalue weighted by Crippen LogP contribution is 2.19. The lowest BCUT2D eigenvalue weighted by Crippen LogP contribution is -2.39. The zero-order chi connectivity index (χ0) is 23.6. The minimum atomic E-state index is -3.09. The number of carbonyl (C=O) groups excluding carboxylic acids is 2. The molecule has 0 bridgehead atoms. The summed E-state index contributed by atoms with van der Waals surface area (Å²) in [6.45, 7) is 1.56. The van der Waals surface area contributed by atoms with Crippen LogP contribution in [0.3, 0.4) is 0 Å². The number of amides is 2. The molecule has 1 aliphatic rings. The van der Waals surface area contributed by atoms with Crippen molar-refractivity contribution < 1.29 is 22.6 Å². The maximum atomic E-state index is 12.5. The second kappa shape index (κ2) is 7.76. The van der Waals surface area contributed by atoms with Gasteiger partial charge in [-0.05, 0) is 51.5 Å². The normalized spacial score (nSPS) is 20.1. The van der Waals surface area contributed by atoms with Gasteiger partial charge in [-0.1, -0.05) is 0 Å². The Morgan fingerprint density at radius 1 is 1.08 bits per heavy atom. The summed E-state index contributed by atoms with van der Waals surface area (Å²) < 4.78 is 49.8. The predicted molar refractivity (Wildman–Crippen MR) is 99.1 cm³/mol. The van der Waals surface area contributed by atoms with Crippen molar-refractivity contribution in [3.8, 4) is 0 Å². The number of benzene rings is 1. The number of anilines is 1. The summed E-state index contributed by atoms with van der Waals surface area (Å²) in [7, 11) is 0. The van der Waals surface area contributed by atoms with Gasteiger partial charge in [0.2, 0.25) is 0 Å². The molecule has 1 fully saturated rings. The van der Waals surface area contributed by atoms with E-state index >= 15 is 0 Å². The molecule has 6 heteroatoms. The summed E-state index contributed by atoms with van der Waals surface area (Å²) in [5.41, 5.74) is 0.195. The minimum Gasteiger partial charge on any atom is -0.444 e. The van der Waals surface area contributed by atoms with Crippen LogP contribution in [0.1, 0.15) is 45.8 Å². The van der Waals surface area contributed by atoms with E-state index in [1.54, 1.807) is 17.0 Å². The molecule has 1 aromatic rings. The Kier molecular flexibility index (Phi) is 3.78. The zero-order valence-corrected chi connectivity index (χ0v) is 14.9. The molecule has 0 N–H and O–H groups in total. The van der Waals surface area contributed by atoms with Crippen molar-refractivity contribution in [1.82, 2.24) is 9.80 Å². The molecule has 2 amide bonds. The standard InChI is InChI=1S/C19H29N3O3/c1-19(2,3)25-18(24)22-12-6-11-21(13-14-22)16-9-7-15(8-10-16)17(23)20(4)5/h7-10H,6,11-14H2,1-5H3/i4D3,5D3. The lowest BCUT2D eigenvalue weighted by atomic mass is 10.1. The van der Waals surface area contributed by atoms with Crippen LogP contribution in [0.4, 0.5) is 10.5 Å². The predicted octanol–water partition coefficient (Wildman–Crippen LogP) is 2.84. The summed E-state index contributed by atoms with van der Waals surface area (Å²) in [6.07, 6.45) is 0.371. The molecule has 0 saturated carbocycles. The van der Waals surface area contributed by atoms with E-state index in [0.717, 1.165) is 12.1 Å². The van der Waals surface area contributed by atoms with Gasteiger partial charge in [0.1, 0.15) is 5.60 Å². The van der Waals surface area contributed by atoms with Crippen molar-refractivity contribution in [2.45, 2.75) is 32.8 Å². The van der Waals surface area contributed by atoms with Crippen molar-refractivity contribution in [3.63, 3.8) is 0 Å². The van der Waals surface area contributed by atoms with Gasteiger partial charge in [-0.25, -0.2) is 4.79 Å². The third kappa shape index (κ3) is 5.37. The highest BCUT2D eigenvalue weighted by molar-refractivity contribution is 5.94. The molecule has 0 spiro atoms. The molecular formula is C19H29N3O3. The van der Waals surface area contributed by atoms with Gasteiger partial charge < -0.3 is 19.4 Å². The van der Waals surface area contributed by atoms with Gasteiger partial charge in [-0.3, -0.25) is 4.79 Å². The number of hydrogen-bond acceptors (Lipinski definition) is 4. The van der Waals surface area contributed by atoms with Gasteiger partial charge in [-0.2, -0.15) is 0 Å². The van der Waals surface area contributed by atoms with Crippen molar-refractivity contribution >= 4 is 17.7 Å². The molecule has 0 aromatic heterocycles. The van der Waals surface area contributed by atoms with E-state index in [2.05, 4.69) is 0 Å². The molecule has 1 saturated heterocycles. The smallest absolute Gasteiger partial charge is 0.410 e. The SMILES string of the molecule is [2H]C([2H])([2H])N(C(=O)c1ccc(N2CCCN(C(=O)OC(C)(C)C)CC2)cc1)C([2H])([2H])[2H]. The molecule has 25 heavy (non-hydrogen) atoms. The molecule has 1 heterocycles. The van der Waals surface area contributed by atoms with Crippen LogP contribution in [-0.2, 0) is 4.74 Å². The maximum Gasteiger partial charge on any atom is 0.410 e. The molecule has 0 atom stereocenters. The van der Waals surface area contributed by atoms with Gasteiger partial charge in [0, 0.05) is 59.6 Å². The fourth-order valence-corrected chi connectivity index (χ4v) is 2.63. The highest BCUT2D eigenvalue weighted by atomic mass is 16.6. The van der Waals surface area contributed by atoms with E-state index in [9.17, 15) is 9.59 Å². The Balaban J connectivity index is 2.10. The first kappa shape index (κ1) is 12.2. The van der Waals surface area contributed by atoms with Crippen molar-refractivity contribution in [2.75, 3.05) is 45.0 Å². The molecule has 138 valence electrons. The number of carbonyl (C=O) groups is 2. The fourth-order valence-electron chi connectivity index (χ4n) is 2.63. The van der Waals surface area contributed by atoms with E-state index in [-0.39, 0.29) is 16.6 Å². The summed E-state index contributed by atoms with van der Waals surface area (Å²) in [4.78, 5) is 28.5. The Hall–Kier alpha value is -2.24. The third-order valence-electron chi connectivity index (χ3n) is 3.83. The maximum absolute atomic E-state index is 12.5. The summed E-state index contributed by atoms with van der Waals surface area (Å²) in [5.74, 6) is -1.08. The number of hydrogen-bond donors (Lipinski definition) is 0. The summed E-state index contributed by atoms with van der Waals surface area (Å²) >= 11 is 0. The van der Waals surface area contributed by atoms with Gasteiger partial charge in [0.25, 0.3) is 5.91 Å². The molecule has 1 aliphatic heterocycles. The average Bonchev–Trinajstić information content (AvgIpc) is 2.84. The minimum absolute atomic E-state index is 0.0267. The first-order valence-electron chi connectivity index (χ1n) is 11.3. The average molecular weight is 353 g/mol. The lowest BCUT2D eigenvalue weighted by Gasteiger charge is -2.27.